The average Bonchev–Trinajstić information content (AvgIpc) is 2.66. The van der Waals surface area contributed by atoms with Crippen LogP contribution in [0.15, 0.2) is 0 Å². The molecule has 0 radical (unpaired) electrons. The Morgan fingerprint density at radius 1 is 1.00 bits per heavy atom. The Bertz CT molecular complexity index is 669. The number of hydrogen-bond acceptors (Lipinski definition) is 7. The molecule has 0 saturated carbocycles. The Morgan fingerprint density at radius 2 is 1.60 bits per heavy atom. The predicted octanol–water partition coefficient (Wildman–Crippen LogP) is -2.73. The zero-order valence-electron chi connectivity index (χ0n) is 16.8. The number of nitrogens with one attached hydrogen (secondary N) is 3. The molecular weight excluding hydrogens is 402 g/mol. The molecule has 13 nitrogen and oxygen atoms in total. The molecule has 0 heterocycles. The predicted molar refractivity (Wildman–Crippen MR) is 103 cm³/mol. The van der Waals surface area contributed by atoms with Gasteiger partial charge in [-0.05, 0) is 12.3 Å². The van der Waals surface area contributed by atoms with E-state index in [1.54, 1.807) is 13.8 Å². The van der Waals surface area contributed by atoms with Crippen LogP contribution in [0.2, 0.25) is 0 Å². The molecule has 0 aliphatic rings. The third-order valence-corrected chi connectivity index (χ3v) is 4.27. The van der Waals surface area contributed by atoms with Gasteiger partial charge in [0.2, 0.25) is 23.6 Å². The number of amides is 4. The summed E-state index contributed by atoms with van der Waals surface area (Å²) < 4.78 is 0. The third kappa shape index (κ3) is 10.4. The molecule has 0 aliphatic heterocycles. The molecule has 30 heavy (non-hydrogen) atoms. The van der Waals surface area contributed by atoms with E-state index >= 15 is 0 Å². The summed E-state index contributed by atoms with van der Waals surface area (Å²) >= 11 is 0. The van der Waals surface area contributed by atoms with Gasteiger partial charge >= 0.3 is 11.9 Å². The minimum atomic E-state index is -1.67. The number of aliphatic carboxylic acids is 2. The van der Waals surface area contributed by atoms with Gasteiger partial charge in [0.25, 0.3) is 0 Å². The van der Waals surface area contributed by atoms with Crippen LogP contribution in [0.3, 0.4) is 0 Å². The van der Waals surface area contributed by atoms with E-state index in [2.05, 4.69) is 16.0 Å². The summed E-state index contributed by atoms with van der Waals surface area (Å²) in [6, 6.07) is -3.87. The van der Waals surface area contributed by atoms with Crippen LogP contribution in [-0.2, 0) is 28.8 Å². The maximum absolute atomic E-state index is 12.4. The highest BCUT2D eigenvalue weighted by molar-refractivity contribution is 5.93. The fraction of sp³-hybridized carbons (Fsp3) is 0.647. The Labute approximate surface area is 172 Å². The maximum atomic E-state index is 12.4. The summed E-state index contributed by atoms with van der Waals surface area (Å²) in [7, 11) is 0. The molecule has 13 heteroatoms. The molecule has 0 aromatic carbocycles. The first-order valence-corrected chi connectivity index (χ1v) is 9.24. The van der Waals surface area contributed by atoms with Gasteiger partial charge in [0.15, 0.2) is 0 Å². The molecule has 0 bridgehead atoms. The Hall–Kier alpha value is -3.22. The summed E-state index contributed by atoms with van der Waals surface area (Å²) in [6.45, 7) is 2.86. The average molecular weight is 431 g/mol. The van der Waals surface area contributed by atoms with Gasteiger partial charge in [-0.1, -0.05) is 20.3 Å². The normalized spacial score (nSPS) is 14.5. The highest BCUT2D eigenvalue weighted by atomic mass is 16.4. The van der Waals surface area contributed by atoms with Gasteiger partial charge in [-0.25, -0.2) is 4.79 Å². The van der Waals surface area contributed by atoms with Gasteiger partial charge in [-0.2, -0.15) is 0 Å². The summed E-state index contributed by atoms with van der Waals surface area (Å²) in [5.41, 5.74) is 10.5. The van der Waals surface area contributed by atoms with Gasteiger partial charge in [-0.3, -0.25) is 24.0 Å². The van der Waals surface area contributed by atoms with E-state index < -0.39 is 72.6 Å². The van der Waals surface area contributed by atoms with Crippen molar-refractivity contribution in [2.75, 3.05) is 6.54 Å². The van der Waals surface area contributed by atoms with Gasteiger partial charge in [0, 0.05) is 6.42 Å². The van der Waals surface area contributed by atoms with E-state index in [9.17, 15) is 28.8 Å². The second-order valence-corrected chi connectivity index (χ2v) is 6.76. The highest BCUT2D eigenvalue weighted by Gasteiger charge is 2.31. The van der Waals surface area contributed by atoms with Gasteiger partial charge in [-0.15, -0.1) is 0 Å². The van der Waals surface area contributed by atoms with E-state index in [0.29, 0.717) is 6.42 Å². The third-order valence-electron chi connectivity index (χ3n) is 4.27. The second-order valence-electron chi connectivity index (χ2n) is 6.76. The molecule has 0 spiro atoms. The largest absolute Gasteiger partial charge is 0.481 e. The van der Waals surface area contributed by atoms with Crippen LogP contribution < -0.4 is 27.4 Å². The minimum Gasteiger partial charge on any atom is -0.481 e. The minimum absolute atomic E-state index is 0.000833. The lowest BCUT2D eigenvalue weighted by Gasteiger charge is -2.25. The van der Waals surface area contributed by atoms with E-state index in [1.807, 2.05) is 0 Å². The fourth-order valence-electron chi connectivity index (χ4n) is 2.29. The summed E-state index contributed by atoms with van der Waals surface area (Å²) in [6.07, 6.45) is -0.486. The van der Waals surface area contributed by atoms with Crippen molar-refractivity contribution in [3.63, 3.8) is 0 Å². The number of hydrogen-bond donors (Lipinski definition) is 7. The van der Waals surface area contributed by atoms with E-state index in [0.717, 1.165) is 0 Å². The van der Waals surface area contributed by atoms with Crippen molar-refractivity contribution >= 4 is 35.6 Å². The van der Waals surface area contributed by atoms with Crippen molar-refractivity contribution in [3.8, 4) is 0 Å². The van der Waals surface area contributed by atoms with Crippen LogP contribution in [0.4, 0.5) is 0 Å². The Morgan fingerprint density at radius 3 is 2.07 bits per heavy atom. The number of nitrogens with two attached hydrogens (primary N) is 2. The molecule has 4 unspecified atom stereocenters. The van der Waals surface area contributed by atoms with Gasteiger partial charge < -0.3 is 37.6 Å². The molecule has 0 aromatic rings. The lowest BCUT2D eigenvalue weighted by Crippen LogP contribution is -2.56. The zero-order chi connectivity index (χ0) is 23.4. The van der Waals surface area contributed by atoms with Crippen LogP contribution in [0, 0.1) is 5.92 Å². The van der Waals surface area contributed by atoms with Crippen molar-refractivity contribution in [2.45, 2.75) is 57.7 Å². The van der Waals surface area contributed by atoms with Crippen molar-refractivity contribution in [1.82, 2.24) is 16.0 Å². The quantitative estimate of drug-likeness (QED) is 0.151. The number of primary amides is 1. The standard InChI is InChI=1S/C17H29N5O8/c1-3-8(2)14(16(28)21-10(17(29)30)6-13(25)26)22-12(24)7-20-15(27)9(18)4-5-11(19)23/h8-10,14H,3-7,18H2,1-2H3,(H2,19,23)(H,20,27)(H,21,28)(H,22,24)(H,25,26)(H,29,30). The molecule has 9 N–H and O–H groups in total. The summed E-state index contributed by atoms with van der Waals surface area (Å²) in [5.74, 6) is -6.28. The summed E-state index contributed by atoms with van der Waals surface area (Å²) in [5, 5.41) is 24.6. The molecule has 4 atom stereocenters. The van der Waals surface area contributed by atoms with E-state index in [4.69, 9.17) is 21.7 Å². The number of carbonyl (C=O) groups excluding carboxylic acids is 4. The first-order chi connectivity index (χ1) is 13.9. The molecule has 0 saturated heterocycles. The van der Waals surface area contributed by atoms with Crippen LogP contribution in [0.25, 0.3) is 0 Å². The van der Waals surface area contributed by atoms with Crippen LogP contribution in [0.1, 0.15) is 39.5 Å². The zero-order valence-corrected chi connectivity index (χ0v) is 16.8. The first-order valence-electron chi connectivity index (χ1n) is 9.24. The smallest absolute Gasteiger partial charge is 0.326 e. The molecule has 0 rings (SSSR count). The lowest BCUT2D eigenvalue weighted by atomic mass is 9.97. The Kier molecular flexibility index (Phi) is 11.7. The molecule has 0 fully saturated rings. The number of carboxylic acids is 2. The monoisotopic (exact) mass is 431 g/mol. The molecule has 0 aliphatic carbocycles. The van der Waals surface area contributed by atoms with Crippen molar-refractivity contribution in [3.05, 3.63) is 0 Å². The fourth-order valence-corrected chi connectivity index (χ4v) is 2.29. The number of rotatable bonds is 14. The molecule has 170 valence electrons. The molecule has 4 amide bonds. The van der Waals surface area contributed by atoms with Crippen LogP contribution in [0.5, 0.6) is 0 Å². The Balaban J connectivity index is 4.92. The number of carboxylic acid groups (broad SMARTS) is 2. The molecular formula is C17H29N5O8. The molecule has 0 aromatic heterocycles. The first kappa shape index (κ1) is 26.8. The second kappa shape index (κ2) is 13.1. The van der Waals surface area contributed by atoms with Gasteiger partial charge in [0.1, 0.15) is 12.1 Å². The lowest BCUT2D eigenvalue weighted by molar-refractivity contribution is -0.147. The SMILES string of the molecule is CCC(C)C(NC(=O)CNC(=O)C(N)CCC(N)=O)C(=O)NC(CC(=O)O)C(=O)O. The maximum Gasteiger partial charge on any atom is 0.326 e. The highest BCUT2D eigenvalue weighted by Crippen LogP contribution is 2.09. The van der Waals surface area contributed by atoms with E-state index in [1.165, 1.54) is 0 Å². The number of carbonyl (C=O) groups is 6. The van der Waals surface area contributed by atoms with Crippen LogP contribution in [-0.4, -0.2) is 70.5 Å². The van der Waals surface area contributed by atoms with Crippen LogP contribution >= 0.6 is 0 Å². The topological polar surface area (TPSA) is 231 Å². The van der Waals surface area contributed by atoms with Crippen molar-refractivity contribution in [1.29, 1.82) is 0 Å². The van der Waals surface area contributed by atoms with Crippen molar-refractivity contribution in [2.24, 2.45) is 17.4 Å². The van der Waals surface area contributed by atoms with Crippen molar-refractivity contribution < 1.29 is 39.0 Å². The van der Waals surface area contributed by atoms with Gasteiger partial charge in [0.05, 0.1) is 19.0 Å². The summed E-state index contributed by atoms with van der Waals surface area (Å²) in [4.78, 5) is 69.0. The van der Waals surface area contributed by atoms with E-state index in [-0.39, 0.29) is 12.8 Å².